The van der Waals surface area contributed by atoms with Crippen molar-refractivity contribution in [2.24, 2.45) is 5.41 Å². The zero-order valence-corrected chi connectivity index (χ0v) is 25.5. The summed E-state index contributed by atoms with van der Waals surface area (Å²) in [7, 11) is -0.995. The van der Waals surface area contributed by atoms with Crippen molar-refractivity contribution in [1.29, 1.82) is 0 Å². The van der Waals surface area contributed by atoms with Crippen LogP contribution in [0.5, 0.6) is 5.75 Å². The van der Waals surface area contributed by atoms with Crippen LogP contribution in [0, 0.1) is 12.3 Å². The van der Waals surface area contributed by atoms with Gasteiger partial charge >= 0.3 is 0 Å². The van der Waals surface area contributed by atoms with Gasteiger partial charge in [0.05, 0.1) is 7.11 Å². The molecular formula is C31H40BrNO3Si. The fourth-order valence-corrected chi connectivity index (χ4v) is 10.0. The van der Waals surface area contributed by atoms with Gasteiger partial charge in [-0.1, -0.05) is 94.4 Å². The van der Waals surface area contributed by atoms with E-state index in [4.69, 9.17) is 9.16 Å². The lowest BCUT2D eigenvalue weighted by atomic mass is 9.78. The molecule has 6 heteroatoms. The second-order valence-electron chi connectivity index (χ2n) is 10.9. The molecule has 0 fully saturated rings. The molecule has 1 N–H and O–H groups in total. The van der Waals surface area contributed by atoms with Crippen LogP contribution in [0.25, 0.3) is 0 Å². The number of hydrogen-bond acceptors (Lipinski definition) is 4. The number of aliphatic hydroxyl groups excluding tert-OH is 1. The van der Waals surface area contributed by atoms with Crippen molar-refractivity contribution in [2.75, 3.05) is 13.7 Å². The van der Waals surface area contributed by atoms with E-state index < -0.39 is 19.8 Å². The second-order valence-corrected chi connectivity index (χ2v) is 16.0. The highest BCUT2D eigenvalue weighted by atomic mass is 79.9. The van der Waals surface area contributed by atoms with E-state index in [0.717, 1.165) is 16.5 Å². The lowest BCUT2D eigenvalue weighted by Crippen LogP contribution is -2.66. The van der Waals surface area contributed by atoms with Crippen molar-refractivity contribution in [3.05, 3.63) is 95.2 Å². The zero-order chi connectivity index (χ0) is 27.3. The van der Waals surface area contributed by atoms with Crippen LogP contribution in [-0.2, 0) is 4.43 Å². The number of aromatic nitrogens is 1. The number of hydrogen-bond donors (Lipinski definition) is 1. The summed E-state index contributed by atoms with van der Waals surface area (Å²) in [5.74, 6) is 0.596. The average molecular weight is 583 g/mol. The van der Waals surface area contributed by atoms with Gasteiger partial charge in [-0.15, -0.1) is 6.58 Å². The summed E-state index contributed by atoms with van der Waals surface area (Å²) in [6.07, 6.45) is 4.14. The molecule has 1 heterocycles. The first-order valence-electron chi connectivity index (χ1n) is 12.8. The molecule has 1 aromatic heterocycles. The van der Waals surface area contributed by atoms with Crippen LogP contribution in [0.2, 0.25) is 5.04 Å². The molecule has 0 saturated carbocycles. The standard InChI is InChI=1S/C31H40BrNO3Si/c1-8-31(6,29(34)27-28(35-7)23(2)26(32)22-33-27)20-15-21-36-37(30(3,4)5,24-16-11-9-12-17-24)25-18-13-10-14-19-25/h8-14,16-19,22,29,34H,1,15,20-21H2,2-7H3. The summed E-state index contributed by atoms with van der Waals surface area (Å²) < 4.78 is 13.5. The van der Waals surface area contributed by atoms with Crippen molar-refractivity contribution in [1.82, 2.24) is 4.98 Å². The van der Waals surface area contributed by atoms with Gasteiger partial charge in [-0.2, -0.15) is 0 Å². The van der Waals surface area contributed by atoms with E-state index in [-0.39, 0.29) is 5.04 Å². The van der Waals surface area contributed by atoms with Crippen molar-refractivity contribution >= 4 is 34.6 Å². The lowest BCUT2D eigenvalue weighted by Gasteiger charge is -2.43. The summed E-state index contributed by atoms with van der Waals surface area (Å²) in [5.41, 5.74) is 0.835. The molecule has 0 saturated heterocycles. The molecule has 0 amide bonds. The molecule has 0 bridgehead atoms. The number of pyridine rings is 1. The minimum atomic E-state index is -2.60. The topological polar surface area (TPSA) is 51.6 Å². The van der Waals surface area contributed by atoms with Gasteiger partial charge in [-0.05, 0) is 51.1 Å². The minimum absolute atomic E-state index is 0.0802. The predicted molar refractivity (Wildman–Crippen MR) is 159 cm³/mol. The van der Waals surface area contributed by atoms with Gasteiger partial charge in [0.25, 0.3) is 8.32 Å². The van der Waals surface area contributed by atoms with Crippen molar-refractivity contribution in [2.45, 2.75) is 58.6 Å². The Hall–Kier alpha value is -2.25. The highest BCUT2D eigenvalue weighted by Crippen LogP contribution is 2.43. The summed E-state index contributed by atoms with van der Waals surface area (Å²) >= 11 is 3.50. The summed E-state index contributed by atoms with van der Waals surface area (Å²) in [6.45, 7) is 15.5. The first kappa shape index (κ1) is 29.3. The molecular weight excluding hydrogens is 542 g/mol. The van der Waals surface area contributed by atoms with Gasteiger partial charge in [-0.3, -0.25) is 4.98 Å². The molecule has 3 aromatic rings. The molecule has 0 aliphatic carbocycles. The Labute approximate surface area is 232 Å². The van der Waals surface area contributed by atoms with Crippen molar-refractivity contribution in [3.8, 4) is 5.75 Å². The SMILES string of the molecule is C=CC(C)(CCCO[Si](c1ccccc1)(c1ccccc1)C(C)(C)C)C(O)c1ncc(Br)c(C)c1OC. The third-order valence-electron chi connectivity index (χ3n) is 7.40. The van der Waals surface area contributed by atoms with E-state index in [1.807, 2.05) is 19.9 Å². The normalized spacial score (nSPS) is 14.6. The van der Waals surface area contributed by atoms with Gasteiger partial charge in [0.2, 0.25) is 0 Å². The predicted octanol–water partition coefficient (Wildman–Crippen LogP) is 6.74. The van der Waals surface area contributed by atoms with Crippen LogP contribution in [0.1, 0.15) is 57.9 Å². The van der Waals surface area contributed by atoms with Crippen LogP contribution in [-0.4, -0.2) is 32.1 Å². The molecule has 0 aliphatic rings. The van der Waals surface area contributed by atoms with Crippen LogP contribution in [0.4, 0.5) is 0 Å². The molecule has 198 valence electrons. The van der Waals surface area contributed by atoms with E-state index in [9.17, 15) is 5.11 Å². The van der Waals surface area contributed by atoms with E-state index in [1.54, 1.807) is 13.3 Å². The van der Waals surface area contributed by atoms with E-state index in [2.05, 4.69) is 109 Å². The third-order valence-corrected chi connectivity index (χ3v) is 13.2. The molecule has 2 aromatic carbocycles. The average Bonchev–Trinajstić information content (AvgIpc) is 2.90. The number of aliphatic hydroxyl groups is 1. The number of rotatable bonds is 11. The van der Waals surface area contributed by atoms with E-state index >= 15 is 0 Å². The number of nitrogens with zero attached hydrogens (tertiary/aromatic N) is 1. The third kappa shape index (κ3) is 5.93. The van der Waals surface area contributed by atoms with Crippen LogP contribution in [0.3, 0.4) is 0 Å². The number of methoxy groups -OCH3 is 1. The molecule has 37 heavy (non-hydrogen) atoms. The summed E-state index contributed by atoms with van der Waals surface area (Å²) in [6, 6.07) is 21.3. The van der Waals surface area contributed by atoms with Gasteiger partial charge < -0.3 is 14.3 Å². The number of ether oxygens (including phenoxy) is 1. The smallest absolute Gasteiger partial charge is 0.261 e. The first-order chi connectivity index (χ1) is 17.5. The molecule has 3 rings (SSSR count). The maximum Gasteiger partial charge on any atom is 0.261 e. The van der Waals surface area contributed by atoms with Gasteiger partial charge in [0.15, 0.2) is 0 Å². The Morgan fingerprint density at radius 1 is 1.03 bits per heavy atom. The largest absolute Gasteiger partial charge is 0.494 e. The monoisotopic (exact) mass is 581 g/mol. The molecule has 0 aliphatic heterocycles. The number of benzene rings is 2. The Morgan fingerprint density at radius 2 is 1.57 bits per heavy atom. The fourth-order valence-electron chi connectivity index (χ4n) is 5.14. The van der Waals surface area contributed by atoms with Crippen LogP contribution >= 0.6 is 15.9 Å². The second kappa shape index (κ2) is 12.1. The van der Waals surface area contributed by atoms with Gasteiger partial charge in [0.1, 0.15) is 17.5 Å². The van der Waals surface area contributed by atoms with Gasteiger partial charge in [-0.25, -0.2) is 0 Å². The molecule has 2 atom stereocenters. The fraction of sp³-hybridized carbons (Fsp3) is 0.387. The van der Waals surface area contributed by atoms with Crippen LogP contribution in [0.15, 0.2) is 84.0 Å². The Kier molecular flexibility index (Phi) is 9.56. The minimum Gasteiger partial charge on any atom is -0.494 e. The van der Waals surface area contributed by atoms with Gasteiger partial charge in [0, 0.05) is 28.3 Å². The summed E-state index contributed by atoms with van der Waals surface area (Å²) in [5, 5.41) is 13.9. The number of halogens is 1. The van der Waals surface area contributed by atoms with E-state index in [1.165, 1.54) is 10.4 Å². The summed E-state index contributed by atoms with van der Waals surface area (Å²) in [4.78, 5) is 4.51. The quantitative estimate of drug-likeness (QED) is 0.155. The highest BCUT2D eigenvalue weighted by molar-refractivity contribution is 9.10. The molecule has 2 unspecified atom stereocenters. The maximum atomic E-state index is 11.5. The molecule has 4 nitrogen and oxygen atoms in total. The highest BCUT2D eigenvalue weighted by Gasteiger charge is 2.50. The zero-order valence-electron chi connectivity index (χ0n) is 22.9. The Balaban J connectivity index is 1.87. The maximum absolute atomic E-state index is 11.5. The first-order valence-corrected chi connectivity index (χ1v) is 15.5. The Morgan fingerprint density at radius 3 is 2.03 bits per heavy atom. The van der Waals surface area contributed by atoms with E-state index in [0.29, 0.717) is 24.5 Å². The lowest BCUT2D eigenvalue weighted by molar-refractivity contribution is 0.0534. The van der Waals surface area contributed by atoms with Crippen molar-refractivity contribution in [3.63, 3.8) is 0 Å². The Bertz CT molecular complexity index is 1140. The van der Waals surface area contributed by atoms with Crippen LogP contribution < -0.4 is 15.1 Å². The molecule has 0 radical (unpaired) electrons. The molecule has 0 spiro atoms. The van der Waals surface area contributed by atoms with Crippen molar-refractivity contribution < 1.29 is 14.3 Å².